The SMILES string of the molecule is O=C(Nc1ncc(C2CCNCC2)s1)c1ccc(F)cc1OC(F)F. The first-order chi connectivity index (χ1) is 12.0. The van der Waals surface area contributed by atoms with Crippen molar-refractivity contribution in [2.45, 2.75) is 25.4 Å². The maximum absolute atomic E-state index is 13.2. The molecule has 1 saturated heterocycles. The quantitative estimate of drug-likeness (QED) is 0.843. The van der Waals surface area contributed by atoms with Crippen LogP contribution in [0.1, 0.15) is 34.0 Å². The van der Waals surface area contributed by atoms with Gasteiger partial charge in [-0.1, -0.05) is 0 Å². The minimum atomic E-state index is -3.15. The van der Waals surface area contributed by atoms with Crippen molar-refractivity contribution in [1.29, 1.82) is 0 Å². The van der Waals surface area contributed by atoms with Crippen LogP contribution in [0.15, 0.2) is 24.4 Å². The number of benzene rings is 1. The summed E-state index contributed by atoms with van der Waals surface area (Å²) in [5, 5.41) is 6.20. The van der Waals surface area contributed by atoms with E-state index in [4.69, 9.17) is 0 Å². The molecule has 134 valence electrons. The van der Waals surface area contributed by atoms with E-state index < -0.39 is 24.1 Å². The molecule has 0 spiro atoms. The molecule has 1 fully saturated rings. The Morgan fingerprint density at radius 2 is 2.12 bits per heavy atom. The number of hydrogen-bond donors (Lipinski definition) is 2. The number of alkyl halides is 2. The van der Waals surface area contributed by atoms with E-state index in [0.29, 0.717) is 11.0 Å². The molecule has 2 aromatic rings. The van der Waals surface area contributed by atoms with Crippen molar-refractivity contribution in [3.05, 3.63) is 40.7 Å². The Kier molecular flexibility index (Phi) is 5.54. The van der Waals surface area contributed by atoms with Crippen LogP contribution in [-0.2, 0) is 0 Å². The molecular formula is C16H16F3N3O2S. The zero-order chi connectivity index (χ0) is 17.8. The number of nitrogens with zero attached hydrogens (tertiary/aromatic N) is 1. The van der Waals surface area contributed by atoms with Crippen LogP contribution in [0.2, 0.25) is 0 Å². The molecule has 1 aliphatic rings. The summed E-state index contributed by atoms with van der Waals surface area (Å²) in [4.78, 5) is 17.5. The number of aromatic nitrogens is 1. The number of rotatable bonds is 5. The largest absolute Gasteiger partial charge is 0.434 e. The van der Waals surface area contributed by atoms with E-state index in [0.717, 1.165) is 49.0 Å². The van der Waals surface area contributed by atoms with E-state index >= 15 is 0 Å². The van der Waals surface area contributed by atoms with Gasteiger partial charge in [0.25, 0.3) is 5.91 Å². The van der Waals surface area contributed by atoms with Crippen molar-refractivity contribution in [2.24, 2.45) is 0 Å². The summed E-state index contributed by atoms with van der Waals surface area (Å²) in [7, 11) is 0. The highest BCUT2D eigenvalue weighted by atomic mass is 32.1. The lowest BCUT2D eigenvalue weighted by Gasteiger charge is -2.20. The Morgan fingerprint density at radius 3 is 2.84 bits per heavy atom. The van der Waals surface area contributed by atoms with Gasteiger partial charge in [-0.2, -0.15) is 8.78 Å². The molecular weight excluding hydrogens is 355 g/mol. The van der Waals surface area contributed by atoms with Crippen LogP contribution >= 0.6 is 11.3 Å². The molecule has 0 bridgehead atoms. The summed E-state index contributed by atoms with van der Waals surface area (Å²) in [5.74, 6) is -1.56. The Balaban J connectivity index is 1.73. The molecule has 1 aliphatic heterocycles. The maximum Gasteiger partial charge on any atom is 0.387 e. The second-order valence-electron chi connectivity index (χ2n) is 5.57. The normalized spacial score (nSPS) is 15.4. The second kappa shape index (κ2) is 7.83. The first-order valence-corrected chi connectivity index (χ1v) is 8.56. The van der Waals surface area contributed by atoms with E-state index in [1.807, 2.05) is 0 Å². The summed E-state index contributed by atoms with van der Waals surface area (Å²) in [6.45, 7) is -1.28. The number of hydrogen-bond acceptors (Lipinski definition) is 5. The average Bonchev–Trinajstić information content (AvgIpc) is 3.03. The molecule has 0 aliphatic carbocycles. The van der Waals surface area contributed by atoms with Crippen LogP contribution in [0, 0.1) is 5.82 Å². The zero-order valence-corrected chi connectivity index (χ0v) is 13.9. The van der Waals surface area contributed by atoms with Gasteiger partial charge in [-0.3, -0.25) is 10.1 Å². The standard InChI is InChI=1S/C16H16F3N3O2S/c17-10-1-2-11(12(7-10)24-15(18)19)14(23)22-16-21-8-13(25-16)9-3-5-20-6-4-9/h1-2,7-9,15,20H,3-6H2,(H,21,22,23). The summed E-state index contributed by atoms with van der Waals surface area (Å²) in [6.07, 6.45) is 3.72. The minimum absolute atomic E-state index is 0.180. The van der Waals surface area contributed by atoms with Crippen LogP contribution in [0.4, 0.5) is 18.3 Å². The van der Waals surface area contributed by atoms with Crippen LogP contribution in [-0.4, -0.2) is 30.6 Å². The van der Waals surface area contributed by atoms with E-state index in [-0.39, 0.29) is 5.56 Å². The zero-order valence-electron chi connectivity index (χ0n) is 13.1. The van der Waals surface area contributed by atoms with E-state index in [1.54, 1.807) is 6.20 Å². The highest BCUT2D eigenvalue weighted by Crippen LogP contribution is 2.32. The Hall–Kier alpha value is -2.13. The molecule has 1 aromatic heterocycles. The average molecular weight is 371 g/mol. The highest BCUT2D eigenvalue weighted by Gasteiger charge is 2.20. The van der Waals surface area contributed by atoms with Gasteiger partial charge in [-0.15, -0.1) is 11.3 Å². The van der Waals surface area contributed by atoms with E-state index in [2.05, 4.69) is 20.4 Å². The molecule has 1 amide bonds. The molecule has 5 nitrogen and oxygen atoms in total. The predicted octanol–water partition coefficient (Wildman–Crippen LogP) is 3.60. The summed E-state index contributed by atoms with van der Waals surface area (Å²) < 4.78 is 42.3. The highest BCUT2D eigenvalue weighted by molar-refractivity contribution is 7.15. The van der Waals surface area contributed by atoms with Crippen LogP contribution in [0.25, 0.3) is 0 Å². The third kappa shape index (κ3) is 4.49. The lowest BCUT2D eigenvalue weighted by Crippen LogP contribution is -2.26. The molecule has 0 unspecified atom stereocenters. The van der Waals surface area contributed by atoms with Crippen molar-refractivity contribution in [1.82, 2.24) is 10.3 Å². The molecule has 1 aromatic carbocycles. The Bertz CT molecular complexity index is 748. The summed E-state index contributed by atoms with van der Waals surface area (Å²) in [5.41, 5.74) is -0.180. The number of piperidine rings is 1. The molecule has 0 radical (unpaired) electrons. The van der Waals surface area contributed by atoms with Crippen molar-refractivity contribution >= 4 is 22.4 Å². The third-order valence-corrected chi connectivity index (χ3v) is 4.97. The van der Waals surface area contributed by atoms with Gasteiger partial charge in [0.05, 0.1) is 5.56 Å². The van der Waals surface area contributed by atoms with Crippen molar-refractivity contribution in [3.8, 4) is 5.75 Å². The fourth-order valence-corrected chi connectivity index (χ4v) is 3.66. The number of carbonyl (C=O) groups is 1. The molecule has 9 heteroatoms. The predicted molar refractivity (Wildman–Crippen MR) is 87.9 cm³/mol. The van der Waals surface area contributed by atoms with E-state index in [9.17, 15) is 18.0 Å². The fourth-order valence-electron chi connectivity index (χ4n) is 2.68. The van der Waals surface area contributed by atoms with Crippen molar-refractivity contribution in [3.63, 3.8) is 0 Å². The number of carbonyl (C=O) groups excluding carboxylic acids is 1. The molecule has 2 heterocycles. The monoisotopic (exact) mass is 371 g/mol. The van der Waals surface area contributed by atoms with Gasteiger partial charge in [0.2, 0.25) is 0 Å². The lowest BCUT2D eigenvalue weighted by molar-refractivity contribution is -0.0502. The molecule has 0 atom stereocenters. The lowest BCUT2D eigenvalue weighted by atomic mass is 9.97. The molecule has 2 N–H and O–H groups in total. The second-order valence-corrected chi connectivity index (χ2v) is 6.63. The number of amides is 1. The van der Waals surface area contributed by atoms with Crippen LogP contribution in [0.5, 0.6) is 5.75 Å². The minimum Gasteiger partial charge on any atom is -0.434 e. The number of nitrogens with one attached hydrogen (secondary N) is 2. The van der Waals surface area contributed by atoms with Crippen molar-refractivity contribution < 1.29 is 22.7 Å². The molecule has 3 rings (SSSR count). The number of thiazole rings is 1. The van der Waals surface area contributed by atoms with Gasteiger partial charge in [-0.25, -0.2) is 9.37 Å². The van der Waals surface area contributed by atoms with Gasteiger partial charge in [-0.05, 0) is 44.0 Å². The smallest absolute Gasteiger partial charge is 0.387 e. The maximum atomic E-state index is 13.2. The van der Waals surface area contributed by atoms with Crippen LogP contribution in [0.3, 0.4) is 0 Å². The van der Waals surface area contributed by atoms with Gasteiger partial charge in [0, 0.05) is 17.1 Å². The first-order valence-electron chi connectivity index (χ1n) is 7.75. The Labute approximate surface area is 146 Å². The van der Waals surface area contributed by atoms with E-state index in [1.165, 1.54) is 11.3 Å². The Morgan fingerprint density at radius 1 is 1.36 bits per heavy atom. The topological polar surface area (TPSA) is 63.2 Å². The van der Waals surface area contributed by atoms with Gasteiger partial charge >= 0.3 is 6.61 Å². The van der Waals surface area contributed by atoms with Gasteiger partial charge < -0.3 is 10.1 Å². The number of ether oxygens (including phenoxy) is 1. The van der Waals surface area contributed by atoms with Gasteiger partial charge in [0.15, 0.2) is 5.13 Å². The molecule has 25 heavy (non-hydrogen) atoms. The summed E-state index contributed by atoms with van der Waals surface area (Å²) in [6, 6.07) is 2.86. The number of anilines is 1. The third-order valence-electron chi connectivity index (χ3n) is 3.89. The first kappa shape index (κ1) is 17.7. The molecule has 0 saturated carbocycles. The number of halogens is 3. The van der Waals surface area contributed by atoms with Crippen LogP contribution < -0.4 is 15.4 Å². The van der Waals surface area contributed by atoms with Gasteiger partial charge in [0.1, 0.15) is 11.6 Å². The van der Waals surface area contributed by atoms with Crippen molar-refractivity contribution in [2.75, 3.05) is 18.4 Å². The summed E-state index contributed by atoms with van der Waals surface area (Å²) >= 11 is 1.35. The fraction of sp³-hybridized carbons (Fsp3) is 0.375.